The Hall–Kier alpha value is -2.10. The third-order valence-corrected chi connectivity index (χ3v) is 4.41. The van der Waals surface area contributed by atoms with Crippen LogP contribution in [0.1, 0.15) is 46.6 Å². The zero-order valence-electron chi connectivity index (χ0n) is 13.4. The highest BCUT2D eigenvalue weighted by Gasteiger charge is 2.24. The van der Waals surface area contributed by atoms with Crippen molar-refractivity contribution in [1.29, 1.82) is 0 Å². The van der Waals surface area contributed by atoms with Crippen LogP contribution in [0.4, 0.5) is 0 Å². The SMILES string of the molecule is Cc1nn(Cc2ccccc2)c(C)c1C(=O)N1CCCCC1. The van der Waals surface area contributed by atoms with Crippen molar-refractivity contribution in [2.45, 2.75) is 39.7 Å². The van der Waals surface area contributed by atoms with Gasteiger partial charge in [-0.05, 0) is 38.7 Å². The van der Waals surface area contributed by atoms with Gasteiger partial charge in [0.25, 0.3) is 5.91 Å². The van der Waals surface area contributed by atoms with Crippen molar-refractivity contribution in [1.82, 2.24) is 14.7 Å². The number of piperidine rings is 1. The van der Waals surface area contributed by atoms with Crippen molar-refractivity contribution in [3.63, 3.8) is 0 Å². The van der Waals surface area contributed by atoms with Crippen LogP contribution in [0.25, 0.3) is 0 Å². The Balaban J connectivity index is 1.85. The average molecular weight is 297 g/mol. The van der Waals surface area contributed by atoms with Gasteiger partial charge in [-0.2, -0.15) is 5.10 Å². The van der Waals surface area contributed by atoms with E-state index in [4.69, 9.17) is 0 Å². The first-order valence-corrected chi connectivity index (χ1v) is 8.04. The lowest BCUT2D eigenvalue weighted by molar-refractivity contribution is 0.0722. The number of carbonyl (C=O) groups excluding carboxylic acids is 1. The number of nitrogens with zero attached hydrogens (tertiary/aromatic N) is 3. The molecular formula is C18H23N3O. The summed E-state index contributed by atoms with van der Waals surface area (Å²) in [4.78, 5) is 14.8. The van der Waals surface area contributed by atoms with Crippen molar-refractivity contribution < 1.29 is 4.79 Å². The van der Waals surface area contributed by atoms with Gasteiger partial charge in [-0.3, -0.25) is 9.48 Å². The second-order valence-electron chi connectivity index (χ2n) is 6.04. The molecule has 0 radical (unpaired) electrons. The fourth-order valence-electron chi connectivity index (χ4n) is 3.17. The van der Waals surface area contributed by atoms with Crippen LogP contribution >= 0.6 is 0 Å². The number of amides is 1. The van der Waals surface area contributed by atoms with Crippen molar-refractivity contribution in [3.8, 4) is 0 Å². The van der Waals surface area contributed by atoms with E-state index < -0.39 is 0 Å². The summed E-state index contributed by atoms with van der Waals surface area (Å²) >= 11 is 0. The molecule has 4 nitrogen and oxygen atoms in total. The minimum atomic E-state index is 0.147. The third-order valence-electron chi connectivity index (χ3n) is 4.41. The molecule has 1 aliphatic heterocycles. The van der Waals surface area contributed by atoms with Gasteiger partial charge in [-0.1, -0.05) is 30.3 Å². The van der Waals surface area contributed by atoms with E-state index in [1.54, 1.807) is 0 Å². The molecule has 0 aliphatic carbocycles. The maximum Gasteiger partial charge on any atom is 0.257 e. The highest BCUT2D eigenvalue weighted by molar-refractivity contribution is 5.96. The summed E-state index contributed by atoms with van der Waals surface area (Å²) in [6.45, 7) is 6.40. The van der Waals surface area contributed by atoms with Crippen LogP contribution in [0.5, 0.6) is 0 Å². The van der Waals surface area contributed by atoms with Gasteiger partial charge >= 0.3 is 0 Å². The van der Waals surface area contributed by atoms with Crippen LogP contribution < -0.4 is 0 Å². The van der Waals surface area contributed by atoms with E-state index in [-0.39, 0.29) is 5.91 Å². The molecule has 1 saturated heterocycles. The van der Waals surface area contributed by atoms with Crippen molar-refractivity contribution in [2.75, 3.05) is 13.1 Å². The Labute approximate surface area is 131 Å². The second kappa shape index (κ2) is 6.34. The van der Waals surface area contributed by atoms with Crippen molar-refractivity contribution in [3.05, 3.63) is 52.8 Å². The zero-order chi connectivity index (χ0) is 15.5. The summed E-state index contributed by atoms with van der Waals surface area (Å²) in [7, 11) is 0. The van der Waals surface area contributed by atoms with E-state index in [1.807, 2.05) is 41.6 Å². The number of aryl methyl sites for hydroxylation is 1. The minimum Gasteiger partial charge on any atom is -0.339 e. The minimum absolute atomic E-state index is 0.147. The van der Waals surface area contributed by atoms with Crippen molar-refractivity contribution >= 4 is 5.91 Å². The summed E-state index contributed by atoms with van der Waals surface area (Å²) < 4.78 is 1.95. The molecule has 0 spiro atoms. The first-order chi connectivity index (χ1) is 10.7. The normalized spacial score (nSPS) is 15.1. The lowest BCUT2D eigenvalue weighted by Gasteiger charge is -2.26. The van der Waals surface area contributed by atoms with Gasteiger partial charge in [-0.15, -0.1) is 0 Å². The largest absolute Gasteiger partial charge is 0.339 e. The number of likely N-dealkylation sites (tertiary alicyclic amines) is 1. The molecule has 1 fully saturated rings. The predicted molar refractivity (Wildman–Crippen MR) is 87.0 cm³/mol. The first-order valence-electron chi connectivity index (χ1n) is 8.04. The molecule has 2 heterocycles. The fraction of sp³-hybridized carbons (Fsp3) is 0.444. The molecule has 2 aromatic rings. The van der Waals surface area contributed by atoms with E-state index in [1.165, 1.54) is 12.0 Å². The predicted octanol–water partition coefficient (Wildman–Crippen LogP) is 3.17. The average Bonchev–Trinajstić information content (AvgIpc) is 2.82. The van der Waals surface area contributed by atoms with Crippen LogP contribution in [0.3, 0.4) is 0 Å². The molecule has 3 rings (SSSR count). The van der Waals surface area contributed by atoms with Crippen LogP contribution in [-0.2, 0) is 6.54 Å². The van der Waals surface area contributed by atoms with Gasteiger partial charge in [0.05, 0.1) is 17.8 Å². The molecule has 0 saturated carbocycles. The summed E-state index contributed by atoms with van der Waals surface area (Å²) in [5.41, 5.74) is 3.80. The second-order valence-corrected chi connectivity index (χ2v) is 6.04. The van der Waals surface area contributed by atoms with E-state index in [0.717, 1.165) is 42.9 Å². The van der Waals surface area contributed by atoms with E-state index in [9.17, 15) is 4.79 Å². The van der Waals surface area contributed by atoms with Crippen molar-refractivity contribution in [2.24, 2.45) is 0 Å². The lowest BCUT2D eigenvalue weighted by Crippen LogP contribution is -2.36. The lowest BCUT2D eigenvalue weighted by atomic mass is 10.1. The van der Waals surface area contributed by atoms with Gasteiger partial charge in [0, 0.05) is 18.8 Å². The summed E-state index contributed by atoms with van der Waals surface area (Å²) in [6, 6.07) is 10.2. The Morgan fingerprint density at radius 3 is 2.45 bits per heavy atom. The smallest absolute Gasteiger partial charge is 0.257 e. The Morgan fingerprint density at radius 2 is 1.77 bits per heavy atom. The molecule has 116 valence electrons. The third kappa shape index (κ3) is 2.91. The molecule has 1 aromatic heterocycles. The highest BCUT2D eigenvalue weighted by Crippen LogP contribution is 2.19. The molecule has 1 aromatic carbocycles. The number of hydrogen-bond donors (Lipinski definition) is 0. The highest BCUT2D eigenvalue weighted by atomic mass is 16.2. The van der Waals surface area contributed by atoms with Gasteiger partial charge in [-0.25, -0.2) is 0 Å². The molecule has 4 heteroatoms. The molecule has 0 unspecified atom stereocenters. The van der Waals surface area contributed by atoms with Crippen LogP contribution in [0, 0.1) is 13.8 Å². The van der Waals surface area contributed by atoms with E-state index in [2.05, 4.69) is 17.2 Å². The van der Waals surface area contributed by atoms with Gasteiger partial charge < -0.3 is 4.90 Å². The summed E-state index contributed by atoms with van der Waals surface area (Å²) in [6.07, 6.45) is 3.46. The first kappa shape index (κ1) is 14.8. The molecule has 22 heavy (non-hydrogen) atoms. The Kier molecular flexibility index (Phi) is 4.27. The maximum absolute atomic E-state index is 12.8. The Bertz CT molecular complexity index is 654. The standard InChI is InChI=1S/C18H23N3O/c1-14-17(18(22)20-11-7-4-8-12-20)15(2)21(19-14)13-16-9-5-3-6-10-16/h3,5-6,9-10H,4,7-8,11-13H2,1-2H3. The molecule has 1 aliphatic rings. The van der Waals surface area contributed by atoms with Gasteiger partial charge in [0.2, 0.25) is 0 Å². The number of hydrogen-bond acceptors (Lipinski definition) is 2. The monoisotopic (exact) mass is 297 g/mol. The Morgan fingerprint density at radius 1 is 1.09 bits per heavy atom. The summed E-state index contributed by atoms with van der Waals surface area (Å²) in [5.74, 6) is 0.147. The molecule has 0 atom stereocenters. The topological polar surface area (TPSA) is 38.1 Å². The van der Waals surface area contributed by atoms with Crippen LogP contribution in [0.2, 0.25) is 0 Å². The number of carbonyl (C=O) groups is 1. The van der Waals surface area contributed by atoms with E-state index in [0.29, 0.717) is 6.54 Å². The maximum atomic E-state index is 12.8. The molecule has 0 N–H and O–H groups in total. The van der Waals surface area contributed by atoms with Crippen LogP contribution in [0.15, 0.2) is 30.3 Å². The quantitative estimate of drug-likeness (QED) is 0.872. The number of rotatable bonds is 3. The molecule has 0 bridgehead atoms. The fourth-order valence-corrected chi connectivity index (χ4v) is 3.17. The molecule has 1 amide bonds. The number of benzene rings is 1. The van der Waals surface area contributed by atoms with Crippen LogP contribution in [-0.4, -0.2) is 33.7 Å². The van der Waals surface area contributed by atoms with E-state index >= 15 is 0 Å². The van der Waals surface area contributed by atoms with Gasteiger partial charge in [0.1, 0.15) is 0 Å². The number of aromatic nitrogens is 2. The molecular weight excluding hydrogens is 274 g/mol. The van der Waals surface area contributed by atoms with Gasteiger partial charge in [0.15, 0.2) is 0 Å². The summed E-state index contributed by atoms with van der Waals surface area (Å²) in [5, 5.41) is 4.59. The zero-order valence-corrected chi connectivity index (χ0v) is 13.4.